The van der Waals surface area contributed by atoms with E-state index in [0.717, 1.165) is 24.2 Å². The number of nitrogens with one attached hydrogen (secondary N) is 1. The van der Waals surface area contributed by atoms with Crippen LogP contribution in [0.2, 0.25) is 0 Å². The molecular formula is C17H22N4OS. The van der Waals surface area contributed by atoms with Crippen molar-refractivity contribution >= 4 is 17.7 Å². The second-order valence-electron chi connectivity index (χ2n) is 6.05. The molecule has 0 saturated carbocycles. The van der Waals surface area contributed by atoms with E-state index in [4.69, 9.17) is 0 Å². The number of rotatable bonds is 4. The Morgan fingerprint density at radius 1 is 1.26 bits per heavy atom. The van der Waals surface area contributed by atoms with Gasteiger partial charge in [-0.15, -0.1) is 5.10 Å². The topological polar surface area (TPSA) is 61.9 Å². The van der Waals surface area contributed by atoms with Gasteiger partial charge in [0.2, 0.25) is 11.1 Å². The van der Waals surface area contributed by atoms with E-state index >= 15 is 0 Å². The van der Waals surface area contributed by atoms with Gasteiger partial charge in [-0.2, -0.15) is 0 Å². The largest absolute Gasteiger partial charge is 0.337 e. The SMILES string of the molecule is C[C@H]1CCC[C@H](C)N1C(=O)CSc1n[nH]c(-c2ccccc2)n1. The maximum Gasteiger partial charge on any atom is 0.233 e. The lowest BCUT2D eigenvalue weighted by Gasteiger charge is -2.39. The highest BCUT2D eigenvalue weighted by Gasteiger charge is 2.28. The van der Waals surface area contributed by atoms with Crippen molar-refractivity contribution in [3.8, 4) is 11.4 Å². The molecule has 23 heavy (non-hydrogen) atoms. The number of aromatic amines is 1. The van der Waals surface area contributed by atoms with Crippen LogP contribution in [-0.4, -0.2) is 43.8 Å². The van der Waals surface area contributed by atoms with Gasteiger partial charge in [0, 0.05) is 17.6 Å². The number of nitrogens with zero attached hydrogens (tertiary/aromatic N) is 3. The van der Waals surface area contributed by atoms with Gasteiger partial charge in [0.25, 0.3) is 0 Å². The third kappa shape index (κ3) is 3.75. The third-order valence-corrected chi connectivity index (χ3v) is 5.15. The molecule has 0 spiro atoms. The van der Waals surface area contributed by atoms with E-state index in [9.17, 15) is 4.79 Å². The summed E-state index contributed by atoms with van der Waals surface area (Å²) in [5.74, 6) is 1.31. The second kappa shape index (κ2) is 7.17. The smallest absolute Gasteiger partial charge is 0.233 e. The monoisotopic (exact) mass is 330 g/mol. The van der Waals surface area contributed by atoms with Gasteiger partial charge < -0.3 is 4.90 Å². The van der Waals surface area contributed by atoms with Gasteiger partial charge in [0.15, 0.2) is 5.82 Å². The molecule has 0 aliphatic carbocycles. The molecule has 1 amide bonds. The fourth-order valence-electron chi connectivity index (χ4n) is 3.15. The van der Waals surface area contributed by atoms with E-state index < -0.39 is 0 Å². The summed E-state index contributed by atoms with van der Waals surface area (Å²) < 4.78 is 0. The Kier molecular flexibility index (Phi) is 5.00. The number of piperidine rings is 1. The molecule has 0 radical (unpaired) electrons. The molecule has 1 aliphatic rings. The quantitative estimate of drug-likeness (QED) is 0.873. The van der Waals surface area contributed by atoms with Crippen LogP contribution in [0.15, 0.2) is 35.5 Å². The predicted molar refractivity (Wildman–Crippen MR) is 92.2 cm³/mol. The maximum atomic E-state index is 12.5. The Balaban J connectivity index is 1.60. The van der Waals surface area contributed by atoms with Gasteiger partial charge in [-0.05, 0) is 33.1 Å². The van der Waals surface area contributed by atoms with E-state index in [1.165, 1.54) is 18.2 Å². The number of thioether (sulfide) groups is 1. The molecule has 6 heteroatoms. The fourth-order valence-corrected chi connectivity index (χ4v) is 3.82. The Labute approximate surface area is 140 Å². The number of hydrogen-bond acceptors (Lipinski definition) is 4. The van der Waals surface area contributed by atoms with Crippen molar-refractivity contribution in [2.45, 2.75) is 50.4 Å². The van der Waals surface area contributed by atoms with Crippen LogP contribution < -0.4 is 0 Å². The van der Waals surface area contributed by atoms with E-state index in [0.29, 0.717) is 23.0 Å². The molecule has 1 saturated heterocycles. The number of carbonyl (C=O) groups is 1. The maximum absolute atomic E-state index is 12.5. The molecule has 0 unspecified atom stereocenters. The normalized spacial score (nSPS) is 21.4. The number of benzene rings is 1. The minimum atomic E-state index is 0.181. The summed E-state index contributed by atoms with van der Waals surface area (Å²) in [6.07, 6.45) is 3.40. The number of carbonyl (C=O) groups excluding carboxylic acids is 1. The summed E-state index contributed by atoms with van der Waals surface area (Å²) in [5.41, 5.74) is 0.997. The minimum absolute atomic E-state index is 0.181. The van der Waals surface area contributed by atoms with Gasteiger partial charge in [-0.3, -0.25) is 9.89 Å². The van der Waals surface area contributed by atoms with Gasteiger partial charge in [-0.1, -0.05) is 42.1 Å². The second-order valence-corrected chi connectivity index (χ2v) is 6.99. The molecule has 3 rings (SSSR count). The standard InChI is InChI=1S/C17H22N4OS/c1-12-7-6-8-13(2)21(12)15(22)11-23-17-18-16(19-20-17)14-9-4-3-5-10-14/h3-5,9-10,12-13H,6-8,11H2,1-2H3,(H,18,19,20)/t12-,13-/m0/s1. The van der Waals surface area contributed by atoms with Crippen LogP contribution in [0, 0.1) is 0 Å². The zero-order chi connectivity index (χ0) is 16.2. The van der Waals surface area contributed by atoms with E-state index in [2.05, 4.69) is 29.0 Å². The van der Waals surface area contributed by atoms with Crippen molar-refractivity contribution in [1.29, 1.82) is 0 Å². The molecule has 1 aliphatic heterocycles. The van der Waals surface area contributed by atoms with Crippen LogP contribution in [0.4, 0.5) is 0 Å². The lowest BCUT2D eigenvalue weighted by atomic mass is 9.98. The number of aromatic nitrogens is 3. The number of amides is 1. The molecule has 1 aromatic heterocycles. The molecular weight excluding hydrogens is 308 g/mol. The van der Waals surface area contributed by atoms with Crippen LogP contribution in [0.3, 0.4) is 0 Å². The van der Waals surface area contributed by atoms with Crippen molar-refractivity contribution in [2.75, 3.05) is 5.75 Å². The van der Waals surface area contributed by atoms with Crippen molar-refractivity contribution < 1.29 is 4.79 Å². The van der Waals surface area contributed by atoms with Crippen LogP contribution in [0.5, 0.6) is 0 Å². The minimum Gasteiger partial charge on any atom is -0.337 e. The van der Waals surface area contributed by atoms with Crippen molar-refractivity contribution in [1.82, 2.24) is 20.1 Å². The first-order valence-electron chi connectivity index (χ1n) is 8.07. The van der Waals surface area contributed by atoms with Crippen molar-refractivity contribution in [2.24, 2.45) is 0 Å². The first-order valence-corrected chi connectivity index (χ1v) is 9.05. The van der Waals surface area contributed by atoms with E-state index in [-0.39, 0.29) is 5.91 Å². The van der Waals surface area contributed by atoms with Gasteiger partial charge in [0.05, 0.1) is 5.75 Å². The van der Waals surface area contributed by atoms with E-state index in [1.54, 1.807) is 0 Å². The average molecular weight is 330 g/mol. The molecule has 1 N–H and O–H groups in total. The molecule has 122 valence electrons. The summed E-state index contributed by atoms with van der Waals surface area (Å²) in [6, 6.07) is 10.5. The molecule has 5 nitrogen and oxygen atoms in total. The van der Waals surface area contributed by atoms with Crippen LogP contribution in [0.25, 0.3) is 11.4 Å². The Morgan fingerprint density at radius 3 is 2.65 bits per heavy atom. The first kappa shape index (κ1) is 16.1. The Morgan fingerprint density at radius 2 is 1.96 bits per heavy atom. The molecule has 2 heterocycles. The van der Waals surface area contributed by atoms with Crippen LogP contribution >= 0.6 is 11.8 Å². The van der Waals surface area contributed by atoms with Crippen LogP contribution in [0.1, 0.15) is 33.1 Å². The zero-order valence-corrected chi connectivity index (χ0v) is 14.3. The van der Waals surface area contributed by atoms with Crippen LogP contribution in [-0.2, 0) is 4.79 Å². The van der Waals surface area contributed by atoms with E-state index in [1.807, 2.05) is 35.2 Å². The van der Waals surface area contributed by atoms with Crippen molar-refractivity contribution in [3.63, 3.8) is 0 Å². The molecule has 0 bridgehead atoms. The highest BCUT2D eigenvalue weighted by Crippen LogP contribution is 2.25. The number of H-pyrrole nitrogens is 1. The highest BCUT2D eigenvalue weighted by atomic mass is 32.2. The number of hydrogen-bond donors (Lipinski definition) is 1. The third-order valence-electron chi connectivity index (χ3n) is 4.32. The number of likely N-dealkylation sites (tertiary alicyclic amines) is 1. The first-order chi connectivity index (χ1) is 11.1. The highest BCUT2D eigenvalue weighted by molar-refractivity contribution is 7.99. The predicted octanol–water partition coefficient (Wildman–Crippen LogP) is 3.35. The summed E-state index contributed by atoms with van der Waals surface area (Å²) >= 11 is 1.40. The van der Waals surface area contributed by atoms with Gasteiger partial charge in [-0.25, -0.2) is 4.98 Å². The summed E-state index contributed by atoms with van der Waals surface area (Å²) in [4.78, 5) is 19.0. The zero-order valence-electron chi connectivity index (χ0n) is 13.5. The molecule has 2 aromatic rings. The van der Waals surface area contributed by atoms with Crippen molar-refractivity contribution in [3.05, 3.63) is 30.3 Å². The Hall–Kier alpha value is -1.82. The summed E-state index contributed by atoms with van der Waals surface area (Å²) in [6.45, 7) is 4.27. The summed E-state index contributed by atoms with van der Waals surface area (Å²) in [5, 5.41) is 7.76. The molecule has 1 fully saturated rings. The lowest BCUT2D eigenvalue weighted by molar-refractivity contribution is -0.134. The summed E-state index contributed by atoms with van der Waals surface area (Å²) in [7, 11) is 0. The fraction of sp³-hybridized carbons (Fsp3) is 0.471. The molecule has 2 atom stereocenters. The molecule has 1 aromatic carbocycles. The lowest BCUT2D eigenvalue weighted by Crippen LogP contribution is -2.48. The Bertz CT molecular complexity index is 648. The average Bonchev–Trinajstić information content (AvgIpc) is 3.02. The van der Waals surface area contributed by atoms with Gasteiger partial charge in [0.1, 0.15) is 0 Å². The van der Waals surface area contributed by atoms with Gasteiger partial charge >= 0.3 is 0 Å².